The molecule has 1 aliphatic carbocycles. The van der Waals surface area contributed by atoms with Gasteiger partial charge in [-0.2, -0.15) is 0 Å². The maximum absolute atomic E-state index is 14.9. The Hall–Kier alpha value is -2.83. The molecule has 234 valence electrons. The zero-order valence-corrected chi connectivity index (χ0v) is 27.4. The number of hydrogen-bond donors (Lipinski definition) is 1. The molecular formula is C37H50F2O3Si. The highest BCUT2D eigenvalue weighted by atomic mass is 28.4. The predicted molar refractivity (Wildman–Crippen MR) is 177 cm³/mol. The second-order valence-corrected chi connectivity index (χ2v) is 17.2. The van der Waals surface area contributed by atoms with Gasteiger partial charge >= 0.3 is 5.97 Å². The zero-order chi connectivity index (χ0) is 31.5. The van der Waals surface area contributed by atoms with Gasteiger partial charge < -0.3 is 9.53 Å². The lowest BCUT2D eigenvalue weighted by Gasteiger charge is -2.45. The summed E-state index contributed by atoms with van der Waals surface area (Å²) in [6.07, 6.45) is 11.3. The molecule has 3 atom stereocenters. The van der Waals surface area contributed by atoms with E-state index in [4.69, 9.17) is 9.53 Å². The van der Waals surface area contributed by atoms with E-state index in [0.29, 0.717) is 32.1 Å². The lowest BCUT2D eigenvalue weighted by Crippen LogP contribution is -2.68. The molecule has 0 spiro atoms. The lowest BCUT2D eigenvalue weighted by atomic mass is 9.89. The highest BCUT2D eigenvalue weighted by Gasteiger charge is 2.53. The first-order valence-corrected chi connectivity index (χ1v) is 17.7. The van der Waals surface area contributed by atoms with Crippen LogP contribution in [0.3, 0.4) is 0 Å². The number of carboxylic acids is 1. The van der Waals surface area contributed by atoms with Crippen LogP contribution in [0.5, 0.6) is 0 Å². The minimum absolute atomic E-state index is 0.0624. The van der Waals surface area contributed by atoms with Gasteiger partial charge in [0.1, 0.15) is 0 Å². The predicted octanol–water partition coefficient (Wildman–Crippen LogP) is 9.10. The highest BCUT2D eigenvalue weighted by molar-refractivity contribution is 6.99. The molecule has 3 nitrogen and oxygen atoms in total. The first-order chi connectivity index (χ1) is 20.4. The summed E-state index contributed by atoms with van der Waals surface area (Å²) in [6.45, 7) is 13.1. The first kappa shape index (κ1) is 34.7. The van der Waals surface area contributed by atoms with Crippen molar-refractivity contribution >= 4 is 24.7 Å². The molecule has 1 fully saturated rings. The van der Waals surface area contributed by atoms with Crippen molar-refractivity contribution in [3.05, 3.63) is 97.1 Å². The van der Waals surface area contributed by atoms with E-state index < -0.39 is 20.2 Å². The number of halogens is 2. The van der Waals surface area contributed by atoms with Crippen LogP contribution in [-0.2, 0) is 9.22 Å². The number of carbonyl (C=O) groups is 1. The molecule has 3 rings (SSSR count). The van der Waals surface area contributed by atoms with Crippen molar-refractivity contribution in [1.82, 2.24) is 0 Å². The molecule has 0 bridgehead atoms. The molecular weight excluding hydrogens is 558 g/mol. The number of allylic oxidation sites excluding steroid dienone is 4. The van der Waals surface area contributed by atoms with Gasteiger partial charge in [-0.25, -0.2) is 8.78 Å². The quantitative estimate of drug-likeness (QED) is 0.117. The molecule has 6 heteroatoms. The molecule has 0 heterocycles. The van der Waals surface area contributed by atoms with Crippen LogP contribution in [0.15, 0.2) is 97.1 Å². The molecule has 0 radical (unpaired) electrons. The SMILES string of the molecule is C=C1C[C@H](O[Si](c2ccccc2)(c2ccccc2)C(C)(C)C)[C@H](CC=CCCCC(=O)O)[C@H]1C=CC(F)(F)CCCCC. The van der Waals surface area contributed by atoms with Gasteiger partial charge in [-0.3, -0.25) is 4.79 Å². The van der Waals surface area contributed by atoms with Crippen LogP contribution >= 0.6 is 0 Å². The number of rotatable bonds is 16. The van der Waals surface area contributed by atoms with Gasteiger partial charge in [0.05, 0.1) is 6.10 Å². The maximum atomic E-state index is 14.9. The van der Waals surface area contributed by atoms with Gasteiger partial charge in [0.2, 0.25) is 0 Å². The summed E-state index contributed by atoms with van der Waals surface area (Å²) in [4.78, 5) is 10.9. The summed E-state index contributed by atoms with van der Waals surface area (Å²) in [5.74, 6) is -3.95. The van der Waals surface area contributed by atoms with Crippen LogP contribution in [0.4, 0.5) is 8.78 Å². The number of aliphatic carboxylic acids is 1. The molecule has 0 amide bonds. The van der Waals surface area contributed by atoms with Crippen molar-refractivity contribution in [3.63, 3.8) is 0 Å². The number of unbranched alkanes of at least 4 members (excludes halogenated alkanes) is 3. The minimum Gasteiger partial charge on any atom is -0.481 e. The van der Waals surface area contributed by atoms with E-state index >= 15 is 0 Å². The average molecular weight is 609 g/mol. The number of hydrogen-bond acceptors (Lipinski definition) is 2. The minimum atomic E-state index is -2.87. The Morgan fingerprint density at radius 2 is 1.60 bits per heavy atom. The second-order valence-electron chi connectivity index (χ2n) is 12.9. The van der Waals surface area contributed by atoms with E-state index in [1.807, 2.05) is 25.1 Å². The van der Waals surface area contributed by atoms with Crippen LogP contribution in [0.25, 0.3) is 0 Å². The van der Waals surface area contributed by atoms with E-state index in [0.717, 1.165) is 24.5 Å². The van der Waals surface area contributed by atoms with Crippen LogP contribution < -0.4 is 10.4 Å². The van der Waals surface area contributed by atoms with Gasteiger partial charge in [0.15, 0.2) is 0 Å². The van der Waals surface area contributed by atoms with Crippen molar-refractivity contribution < 1.29 is 23.1 Å². The molecule has 0 saturated heterocycles. The Morgan fingerprint density at radius 3 is 2.14 bits per heavy atom. The Morgan fingerprint density at radius 1 is 1.00 bits per heavy atom. The Bertz CT molecular complexity index is 1180. The first-order valence-electron chi connectivity index (χ1n) is 15.8. The van der Waals surface area contributed by atoms with Gasteiger partial charge in [-0.05, 0) is 59.5 Å². The molecule has 2 aromatic carbocycles. The third-order valence-corrected chi connectivity index (χ3v) is 13.7. The summed E-state index contributed by atoms with van der Waals surface area (Å²) in [5, 5.41) is 11.1. The number of benzene rings is 2. The fraction of sp³-hybridized carbons (Fsp3) is 0.486. The summed E-state index contributed by atoms with van der Waals surface area (Å²) in [5.41, 5.74) is 0.924. The lowest BCUT2D eigenvalue weighted by molar-refractivity contribution is -0.137. The summed E-state index contributed by atoms with van der Waals surface area (Å²) in [6, 6.07) is 21.0. The smallest absolute Gasteiger partial charge is 0.303 e. The van der Waals surface area contributed by atoms with Crippen LogP contribution in [-0.4, -0.2) is 31.4 Å². The van der Waals surface area contributed by atoms with Crippen molar-refractivity contribution in [2.45, 2.75) is 103 Å². The third kappa shape index (κ3) is 9.33. The Kier molecular flexibility index (Phi) is 12.7. The standard InChI is InChI=1S/C37H50F2O3Si/c1-6-7-18-26-37(38,39)27-25-32-29(2)28-34(33(32)23-16-8-9-17-24-35(40)41)42-43(36(3,4)5,30-19-12-10-13-20-30)31-21-14-11-15-22-31/h8,10-16,19-22,25,27,32-34H,2,6-7,9,17-18,23-24,26,28H2,1,3-5H3,(H,40,41)/t32-,33+,34-/m0/s1. The molecule has 1 aliphatic rings. The molecule has 0 unspecified atom stereocenters. The topological polar surface area (TPSA) is 46.5 Å². The van der Waals surface area contributed by atoms with E-state index in [-0.39, 0.29) is 35.8 Å². The third-order valence-electron chi connectivity index (χ3n) is 8.62. The second kappa shape index (κ2) is 15.8. The van der Waals surface area contributed by atoms with E-state index in [1.54, 1.807) is 6.08 Å². The van der Waals surface area contributed by atoms with Crippen LogP contribution in [0, 0.1) is 11.8 Å². The fourth-order valence-electron chi connectivity index (χ4n) is 6.39. The number of carboxylic acid groups (broad SMARTS) is 1. The van der Waals surface area contributed by atoms with Crippen molar-refractivity contribution in [1.29, 1.82) is 0 Å². The van der Waals surface area contributed by atoms with E-state index in [2.05, 4.69) is 82.0 Å². The Labute approximate surface area is 258 Å². The van der Waals surface area contributed by atoms with Crippen molar-refractivity contribution in [2.24, 2.45) is 11.8 Å². The monoisotopic (exact) mass is 608 g/mol. The molecule has 0 aliphatic heterocycles. The summed E-state index contributed by atoms with van der Waals surface area (Å²) < 4.78 is 37.3. The molecule has 1 saturated carbocycles. The Balaban J connectivity index is 2.01. The van der Waals surface area contributed by atoms with Gasteiger partial charge in [-0.15, -0.1) is 0 Å². The average Bonchev–Trinajstić information content (AvgIpc) is 3.25. The van der Waals surface area contributed by atoms with E-state index in [9.17, 15) is 13.6 Å². The number of alkyl halides is 2. The molecule has 1 N–H and O–H groups in total. The normalized spacial score (nSPS) is 20.0. The maximum Gasteiger partial charge on any atom is 0.303 e. The van der Waals surface area contributed by atoms with E-state index in [1.165, 1.54) is 10.4 Å². The van der Waals surface area contributed by atoms with Crippen LogP contribution in [0.1, 0.15) is 85.5 Å². The highest BCUT2D eigenvalue weighted by Crippen LogP contribution is 2.46. The summed E-state index contributed by atoms with van der Waals surface area (Å²) >= 11 is 0. The molecule has 43 heavy (non-hydrogen) atoms. The van der Waals surface area contributed by atoms with Gasteiger partial charge in [0, 0.05) is 18.8 Å². The molecule has 2 aromatic rings. The van der Waals surface area contributed by atoms with Crippen molar-refractivity contribution in [2.75, 3.05) is 0 Å². The van der Waals surface area contributed by atoms with Crippen molar-refractivity contribution in [3.8, 4) is 0 Å². The summed E-state index contributed by atoms with van der Waals surface area (Å²) in [7, 11) is -2.87. The zero-order valence-electron chi connectivity index (χ0n) is 26.4. The van der Waals surface area contributed by atoms with Gasteiger partial charge in [-0.1, -0.05) is 132 Å². The van der Waals surface area contributed by atoms with Crippen LogP contribution in [0.2, 0.25) is 5.04 Å². The van der Waals surface area contributed by atoms with Gasteiger partial charge in [0.25, 0.3) is 14.2 Å². The molecule has 0 aromatic heterocycles. The fourth-order valence-corrected chi connectivity index (χ4v) is 11.1. The largest absolute Gasteiger partial charge is 0.481 e.